The average molecular weight is 549 g/mol. The number of aryl methyl sites for hydroxylation is 1. The van der Waals surface area contributed by atoms with Crippen LogP contribution >= 0.6 is 0 Å². The highest BCUT2D eigenvalue weighted by Crippen LogP contribution is 2.33. The van der Waals surface area contributed by atoms with Gasteiger partial charge in [-0.05, 0) is 56.0 Å². The molecule has 0 aliphatic carbocycles. The van der Waals surface area contributed by atoms with Crippen LogP contribution in [-0.4, -0.2) is 68.7 Å². The summed E-state index contributed by atoms with van der Waals surface area (Å²) in [6.45, 7) is 5.33. The van der Waals surface area contributed by atoms with Crippen LogP contribution in [0.15, 0.2) is 58.2 Å². The number of carbonyl (C=O) groups excluding carboxylic acids is 1. The third kappa shape index (κ3) is 5.91. The number of halogens is 1. The highest BCUT2D eigenvalue weighted by molar-refractivity contribution is 5.83. The summed E-state index contributed by atoms with van der Waals surface area (Å²) in [6, 6.07) is 5.10. The Morgan fingerprint density at radius 1 is 1.38 bits per heavy atom. The summed E-state index contributed by atoms with van der Waals surface area (Å²) in [5, 5.41) is 2.14. The lowest BCUT2D eigenvalue weighted by molar-refractivity contribution is -0.158. The monoisotopic (exact) mass is 548 g/mol. The van der Waals surface area contributed by atoms with Crippen LogP contribution in [0.25, 0.3) is 10.9 Å². The van der Waals surface area contributed by atoms with Gasteiger partial charge in [0.05, 0.1) is 33.5 Å². The number of dihydropyridines is 1. The van der Waals surface area contributed by atoms with Crippen LogP contribution in [0.3, 0.4) is 0 Å². The molecule has 2 aromatic rings. The molecule has 1 aromatic carbocycles. The number of aromatic amines is 1. The lowest BCUT2D eigenvalue weighted by Gasteiger charge is -2.47. The third-order valence-electron chi connectivity index (χ3n) is 7.26. The zero-order valence-corrected chi connectivity index (χ0v) is 22.7. The number of hydrogen-bond donors (Lipinski definition) is 2. The molecular formula is C30H33FN4O5. The second-order valence-electron chi connectivity index (χ2n) is 10.2. The Hall–Kier alpha value is -4.07. The predicted molar refractivity (Wildman–Crippen MR) is 149 cm³/mol. The van der Waals surface area contributed by atoms with Crippen LogP contribution < -0.4 is 10.2 Å². The normalized spacial score (nSPS) is 19.6. The lowest BCUT2D eigenvalue weighted by Crippen LogP contribution is -2.60. The molecule has 1 spiro atoms. The van der Waals surface area contributed by atoms with Crippen LogP contribution in [0.5, 0.6) is 5.75 Å². The number of hydrogen-bond acceptors (Lipinski definition) is 7. The number of H-pyrrole nitrogens is 1. The molecule has 2 saturated heterocycles. The van der Waals surface area contributed by atoms with Gasteiger partial charge in [0.15, 0.2) is 17.3 Å². The molecule has 0 radical (unpaired) electrons. The minimum Gasteiger partial charge on any atom is -0.492 e. The molecule has 3 aliphatic heterocycles. The molecule has 1 aromatic heterocycles. The summed E-state index contributed by atoms with van der Waals surface area (Å²) in [4.78, 5) is 20.0. The molecule has 4 heterocycles. The van der Waals surface area contributed by atoms with E-state index in [1.54, 1.807) is 41.6 Å². The Kier molecular flexibility index (Phi) is 8.24. The molecule has 2 fully saturated rings. The van der Waals surface area contributed by atoms with Gasteiger partial charge >= 0.3 is 0 Å². The molecule has 5 rings (SSSR count). The number of carbonyl (C=O) groups is 1. The highest BCUT2D eigenvalue weighted by Gasteiger charge is 2.42. The number of nitrogens with one attached hydrogen (secondary N) is 2. The van der Waals surface area contributed by atoms with Crippen LogP contribution in [0.1, 0.15) is 25.0 Å². The van der Waals surface area contributed by atoms with Gasteiger partial charge < -0.3 is 23.9 Å². The summed E-state index contributed by atoms with van der Waals surface area (Å²) >= 11 is 0. The minimum absolute atomic E-state index is 0.0197. The van der Waals surface area contributed by atoms with Gasteiger partial charge in [0.25, 0.3) is 0 Å². The van der Waals surface area contributed by atoms with E-state index in [9.17, 15) is 4.79 Å². The van der Waals surface area contributed by atoms with E-state index in [-0.39, 0.29) is 36.0 Å². The van der Waals surface area contributed by atoms with Crippen molar-refractivity contribution in [2.75, 3.05) is 46.6 Å². The predicted octanol–water partition coefficient (Wildman–Crippen LogP) is 3.93. The van der Waals surface area contributed by atoms with E-state index in [0.717, 1.165) is 31.9 Å². The van der Waals surface area contributed by atoms with Gasteiger partial charge in [-0.15, -0.1) is 6.42 Å². The van der Waals surface area contributed by atoms with Gasteiger partial charge in [-0.2, -0.15) is 0 Å². The van der Waals surface area contributed by atoms with E-state index in [1.807, 2.05) is 6.92 Å². The average Bonchev–Trinajstić information content (AvgIpc) is 3.34. The molecule has 0 saturated carbocycles. The number of nitrogens with zero attached hydrogens (tertiary/aromatic N) is 2. The quantitative estimate of drug-likeness (QED) is 0.280. The second-order valence-corrected chi connectivity index (χ2v) is 10.2. The van der Waals surface area contributed by atoms with Crippen LogP contribution in [-0.2, 0) is 19.0 Å². The number of aliphatic imine (C=N–C) groups is 1. The number of fused-ring (bicyclic) bond motifs is 1. The molecule has 0 atom stereocenters. The van der Waals surface area contributed by atoms with Crippen LogP contribution in [0, 0.1) is 30.5 Å². The maximum Gasteiger partial charge on any atom is 0.236 e. The van der Waals surface area contributed by atoms with Crippen molar-refractivity contribution in [1.82, 2.24) is 15.4 Å². The first-order valence-corrected chi connectivity index (χ1v) is 13.3. The van der Waals surface area contributed by atoms with E-state index < -0.39 is 5.82 Å². The molecule has 0 unspecified atom stereocenters. The summed E-state index contributed by atoms with van der Waals surface area (Å²) in [5.74, 6) is 3.09. The molecule has 9 nitrogen and oxygen atoms in total. The first-order chi connectivity index (χ1) is 19.4. The molecular weight excluding hydrogens is 515 g/mol. The maximum absolute atomic E-state index is 15.1. The number of allylic oxidation sites excluding steroid dienone is 3. The fraction of sp³-hybridized carbons (Fsp3) is 0.400. The summed E-state index contributed by atoms with van der Waals surface area (Å²) < 4.78 is 37.8. The van der Waals surface area contributed by atoms with Crippen molar-refractivity contribution in [3.63, 3.8) is 0 Å². The number of methoxy groups -OCH3 is 1. The van der Waals surface area contributed by atoms with Crippen molar-refractivity contribution in [3.05, 3.63) is 64.7 Å². The number of hydrazine groups is 1. The molecule has 10 heteroatoms. The molecule has 1 amide bonds. The summed E-state index contributed by atoms with van der Waals surface area (Å²) in [6.07, 6.45) is 12.4. The van der Waals surface area contributed by atoms with Gasteiger partial charge in [-0.3, -0.25) is 14.8 Å². The number of benzene rings is 1. The van der Waals surface area contributed by atoms with Gasteiger partial charge in [-0.1, -0.05) is 0 Å². The van der Waals surface area contributed by atoms with Crippen LogP contribution in [0.4, 0.5) is 4.39 Å². The third-order valence-corrected chi connectivity index (χ3v) is 7.26. The number of rotatable bonds is 9. The minimum atomic E-state index is -0.453. The van der Waals surface area contributed by atoms with Crippen molar-refractivity contribution in [1.29, 1.82) is 0 Å². The first-order valence-electron chi connectivity index (χ1n) is 13.3. The fourth-order valence-electron chi connectivity index (χ4n) is 4.88. The Bertz CT molecular complexity index is 1430. The van der Waals surface area contributed by atoms with Crippen molar-refractivity contribution >= 4 is 23.0 Å². The highest BCUT2D eigenvalue weighted by atomic mass is 19.1. The molecule has 3 aliphatic rings. The van der Waals surface area contributed by atoms with Crippen LogP contribution in [0.2, 0.25) is 0 Å². The first kappa shape index (κ1) is 27.5. The van der Waals surface area contributed by atoms with E-state index in [2.05, 4.69) is 21.3 Å². The summed E-state index contributed by atoms with van der Waals surface area (Å²) in [7, 11) is 1.48. The van der Waals surface area contributed by atoms with Crippen molar-refractivity contribution in [2.45, 2.75) is 26.2 Å². The lowest BCUT2D eigenvalue weighted by atomic mass is 9.81. The number of aromatic nitrogens is 1. The second kappa shape index (κ2) is 12.0. The fourth-order valence-corrected chi connectivity index (χ4v) is 4.88. The van der Waals surface area contributed by atoms with E-state index in [1.165, 1.54) is 7.11 Å². The van der Waals surface area contributed by atoms with Crippen molar-refractivity contribution in [3.8, 4) is 18.1 Å². The van der Waals surface area contributed by atoms with Crippen molar-refractivity contribution in [2.24, 2.45) is 10.4 Å². The Morgan fingerprint density at radius 2 is 2.23 bits per heavy atom. The smallest absolute Gasteiger partial charge is 0.236 e. The Morgan fingerprint density at radius 3 is 2.92 bits per heavy atom. The van der Waals surface area contributed by atoms with Crippen molar-refractivity contribution < 1.29 is 28.1 Å². The Balaban J connectivity index is 1.20. The molecule has 210 valence electrons. The van der Waals surface area contributed by atoms with Gasteiger partial charge in [-0.25, -0.2) is 9.82 Å². The number of amides is 1. The molecule has 0 bridgehead atoms. The standard InChI is InChI=1S/C30H33FN4O5/c1-4-24(39-13-5-6-28(36)35-12-10-30(17-33-35)18-38-19-30)27(37-3)15-21-16-32-11-9-25(21)40-26-8-7-23-22(29(26)31)14-20(2)34-23/h1,7-9,11,14-15,33-34H,5-6,10,12-13,16-19H2,2-3H3. The van der Waals surface area contributed by atoms with Gasteiger partial charge in [0.2, 0.25) is 11.7 Å². The maximum atomic E-state index is 15.1. The van der Waals surface area contributed by atoms with Gasteiger partial charge in [0.1, 0.15) is 5.76 Å². The topological polar surface area (TPSA) is 97.4 Å². The largest absolute Gasteiger partial charge is 0.492 e. The summed E-state index contributed by atoms with van der Waals surface area (Å²) in [5.41, 5.74) is 5.60. The van der Waals surface area contributed by atoms with E-state index in [4.69, 9.17) is 25.4 Å². The zero-order valence-electron chi connectivity index (χ0n) is 22.7. The number of ether oxygens (including phenoxy) is 4. The Labute approximate surface area is 232 Å². The molecule has 40 heavy (non-hydrogen) atoms. The van der Waals surface area contributed by atoms with E-state index >= 15 is 4.39 Å². The zero-order chi connectivity index (χ0) is 28.1. The SMILES string of the molecule is C#CC(OCCCC(=O)N1CCC2(CN1)COC2)=C(C=C1CN=CC=C1Oc1ccc2[nH]c(C)cc2c1F)OC. The van der Waals surface area contributed by atoms with E-state index in [0.29, 0.717) is 47.4 Å². The number of terminal acetylenes is 1. The van der Waals surface area contributed by atoms with Gasteiger partial charge in [0, 0.05) is 53.3 Å². The molecule has 2 N–H and O–H groups in total.